The Kier molecular flexibility index (Phi) is 7.40. The molecule has 0 aliphatic heterocycles. The maximum absolute atomic E-state index is 6.69. The molecule has 3 heterocycles. The first-order valence-electron chi connectivity index (χ1n) is 19.7. The third-order valence-electron chi connectivity index (χ3n) is 11.6. The van der Waals surface area contributed by atoms with Crippen molar-refractivity contribution < 1.29 is 4.42 Å². The number of para-hydroxylation sites is 5. The maximum Gasteiger partial charge on any atom is 0.159 e. The van der Waals surface area contributed by atoms with Crippen LogP contribution in [0, 0.1) is 0 Å². The Hall–Kier alpha value is -7.40. The zero-order valence-corrected chi connectivity index (χ0v) is 32.2. The van der Waals surface area contributed by atoms with Gasteiger partial charge in [-0.2, -0.15) is 0 Å². The van der Waals surface area contributed by atoms with Crippen LogP contribution in [0.15, 0.2) is 211 Å². The number of hydrogen-bond acceptors (Lipinski definition) is 3. The SMILES string of the molecule is c1ccc(-c2ccccc2-n2c3ccccc3c3ccccc32)c(-c2ccc(N(c3cccc4c3oc3ccccc34)c3cccc4c3sc3ccccc34)cc2)c1. The molecule has 58 heavy (non-hydrogen) atoms. The molecule has 9 aromatic carbocycles. The van der Waals surface area contributed by atoms with Crippen molar-refractivity contribution in [1.29, 1.82) is 0 Å². The summed E-state index contributed by atoms with van der Waals surface area (Å²) < 4.78 is 11.6. The van der Waals surface area contributed by atoms with Gasteiger partial charge in [0.1, 0.15) is 5.58 Å². The molecule has 0 spiro atoms. The van der Waals surface area contributed by atoms with E-state index in [1.807, 2.05) is 17.4 Å². The number of fused-ring (bicyclic) bond motifs is 9. The van der Waals surface area contributed by atoms with Gasteiger partial charge in [-0.15, -0.1) is 11.3 Å². The predicted octanol–water partition coefficient (Wildman–Crippen LogP) is 15.9. The molecular formula is C54H34N2OS. The van der Waals surface area contributed by atoms with Crippen LogP contribution in [0.4, 0.5) is 17.1 Å². The number of furan rings is 1. The molecule has 0 N–H and O–H groups in total. The van der Waals surface area contributed by atoms with E-state index in [2.05, 4.69) is 210 Å². The summed E-state index contributed by atoms with van der Waals surface area (Å²) in [6, 6.07) is 74.3. The van der Waals surface area contributed by atoms with Crippen molar-refractivity contribution in [3.8, 4) is 27.9 Å². The van der Waals surface area contributed by atoms with E-state index in [9.17, 15) is 0 Å². The minimum absolute atomic E-state index is 0.873. The lowest BCUT2D eigenvalue weighted by Gasteiger charge is -2.26. The van der Waals surface area contributed by atoms with E-state index >= 15 is 0 Å². The van der Waals surface area contributed by atoms with Gasteiger partial charge in [0.25, 0.3) is 0 Å². The summed E-state index contributed by atoms with van der Waals surface area (Å²) in [4.78, 5) is 2.38. The van der Waals surface area contributed by atoms with Crippen molar-refractivity contribution in [3.05, 3.63) is 206 Å². The summed E-state index contributed by atoms with van der Waals surface area (Å²) in [6.07, 6.45) is 0. The molecule has 0 saturated heterocycles. The van der Waals surface area contributed by atoms with Gasteiger partial charge >= 0.3 is 0 Å². The fourth-order valence-corrected chi connectivity index (χ4v) is 10.3. The highest BCUT2D eigenvalue weighted by molar-refractivity contribution is 7.26. The van der Waals surface area contributed by atoms with Crippen molar-refractivity contribution in [2.45, 2.75) is 0 Å². The average molecular weight is 759 g/mol. The molecule has 0 aliphatic rings. The van der Waals surface area contributed by atoms with Crippen LogP contribution in [0.25, 0.3) is 91.9 Å². The number of benzene rings is 9. The molecule has 0 atom stereocenters. The number of aromatic nitrogens is 1. The van der Waals surface area contributed by atoms with Crippen molar-refractivity contribution in [1.82, 2.24) is 4.57 Å². The molecule has 3 nitrogen and oxygen atoms in total. The summed E-state index contributed by atoms with van der Waals surface area (Å²) in [5.74, 6) is 0. The van der Waals surface area contributed by atoms with Gasteiger partial charge in [-0.1, -0.05) is 152 Å². The standard InChI is InChI=1S/C54H34N2OS/c1-2-16-38(39-17-3-8-24-46(39)56-47-25-9-4-18-40(47)41-19-5-10-26-48(41)56)37(15-1)35-31-33-36(34-32-35)55(49-27-13-22-44-42-20-6-11-29-51(42)57-53(44)49)50-28-14-23-45-43-21-7-12-30-52(43)58-54(45)50/h1-34H. The summed E-state index contributed by atoms with van der Waals surface area (Å²) in [7, 11) is 0. The van der Waals surface area contributed by atoms with Gasteiger partial charge < -0.3 is 13.9 Å². The van der Waals surface area contributed by atoms with E-state index in [4.69, 9.17) is 4.42 Å². The van der Waals surface area contributed by atoms with Gasteiger partial charge in [-0.05, 0) is 71.3 Å². The fraction of sp³-hybridized carbons (Fsp3) is 0. The van der Waals surface area contributed by atoms with Gasteiger partial charge in [0.05, 0.1) is 32.8 Å². The molecule has 0 fully saturated rings. The maximum atomic E-state index is 6.69. The Labute approximate surface area is 338 Å². The fourth-order valence-electron chi connectivity index (χ4n) is 9.06. The van der Waals surface area contributed by atoms with E-state index in [1.54, 1.807) is 0 Å². The zero-order valence-electron chi connectivity index (χ0n) is 31.3. The second-order valence-corrected chi connectivity index (χ2v) is 15.9. The lowest BCUT2D eigenvalue weighted by Crippen LogP contribution is -2.10. The van der Waals surface area contributed by atoms with E-state index in [0.29, 0.717) is 0 Å². The van der Waals surface area contributed by atoms with Crippen LogP contribution in [0.3, 0.4) is 0 Å². The Bertz CT molecular complexity index is 3370. The smallest absolute Gasteiger partial charge is 0.159 e. The minimum Gasteiger partial charge on any atom is -0.454 e. The molecule has 0 amide bonds. The largest absolute Gasteiger partial charge is 0.454 e. The quantitative estimate of drug-likeness (QED) is 0.168. The van der Waals surface area contributed by atoms with Gasteiger partial charge in [0, 0.05) is 48.3 Å². The zero-order chi connectivity index (χ0) is 38.2. The molecule has 272 valence electrons. The van der Waals surface area contributed by atoms with E-state index < -0.39 is 0 Å². The highest BCUT2D eigenvalue weighted by Crippen LogP contribution is 2.48. The van der Waals surface area contributed by atoms with Crippen LogP contribution >= 0.6 is 11.3 Å². The van der Waals surface area contributed by atoms with E-state index in [1.165, 1.54) is 58.7 Å². The highest BCUT2D eigenvalue weighted by Gasteiger charge is 2.23. The second-order valence-electron chi connectivity index (χ2n) is 14.8. The summed E-state index contributed by atoms with van der Waals surface area (Å²) >= 11 is 1.84. The molecule has 3 aromatic heterocycles. The average Bonchev–Trinajstić information content (AvgIpc) is 3.97. The number of thiophene rings is 1. The van der Waals surface area contributed by atoms with Crippen LogP contribution in [0.1, 0.15) is 0 Å². The van der Waals surface area contributed by atoms with E-state index in [0.717, 1.165) is 50.3 Å². The number of rotatable bonds is 6. The topological polar surface area (TPSA) is 21.3 Å². The second kappa shape index (κ2) is 13.1. The first-order valence-corrected chi connectivity index (χ1v) is 20.5. The Morgan fingerprint density at radius 3 is 1.74 bits per heavy atom. The van der Waals surface area contributed by atoms with Gasteiger partial charge in [0.15, 0.2) is 5.58 Å². The monoisotopic (exact) mass is 758 g/mol. The van der Waals surface area contributed by atoms with Gasteiger partial charge in [-0.3, -0.25) is 0 Å². The first kappa shape index (κ1) is 32.8. The van der Waals surface area contributed by atoms with Crippen molar-refractivity contribution in [2.75, 3.05) is 4.90 Å². The third-order valence-corrected chi connectivity index (χ3v) is 12.8. The number of hydrogen-bond donors (Lipinski definition) is 0. The Balaban J connectivity index is 1.03. The molecule has 0 unspecified atom stereocenters. The van der Waals surface area contributed by atoms with Gasteiger partial charge in [-0.25, -0.2) is 0 Å². The van der Waals surface area contributed by atoms with Crippen LogP contribution in [0.2, 0.25) is 0 Å². The summed E-state index contributed by atoms with van der Waals surface area (Å²) in [5, 5.41) is 7.27. The molecule has 0 radical (unpaired) electrons. The molecule has 0 bridgehead atoms. The van der Waals surface area contributed by atoms with Crippen LogP contribution < -0.4 is 4.90 Å². The van der Waals surface area contributed by atoms with Crippen molar-refractivity contribution in [2.24, 2.45) is 0 Å². The molecule has 12 aromatic rings. The van der Waals surface area contributed by atoms with Crippen LogP contribution in [-0.4, -0.2) is 4.57 Å². The molecule has 0 saturated carbocycles. The lowest BCUT2D eigenvalue weighted by molar-refractivity contribution is 0.669. The first-order chi connectivity index (χ1) is 28.8. The van der Waals surface area contributed by atoms with E-state index in [-0.39, 0.29) is 0 Å². The predicted molar refractivity (Wildman–Crippen MR) is 247 cm³/mol. The Morgan fingerprint density at radius 1 is 0.397 bits per heavy atom. The Morgan fingerprint density at radius 2 is 0.966 bits per heavy atom. The summed E-state index contributed by atoms with van der Waals surface area (Å²) in [6.45, 7) is 0. The van der Waals surface area contributed by atoms with Crippen LogP contribution in [0.5, 0.6) is 0 Å². The normalized spacial score (nSPS) is 11.8. The number of anilines is 3. The third kappa shape index (κ3) is 4.99. The molecule has 4 heteroatoms. The lowest BCUT2D eigenvalue weighted by atomic mass is 9.93. The van der Waals surface area contributed by atoms with Crippen molar-refractivity contribution in [3.63, 3.8) is 0 Å². The number of nitrogens with zero attached hydrogens (tertiary/aromatic N) is 2. The molecule has 12 rings (SSSR count). The summed E-state index contributed by atoms with van der Waals surface area (Å²) in [5.41, 5.74) is 13.2. The molecular weight excluding hydrogens is 725 g/mol. The van der Waals surface area contributed by atoms with Crippen LogP contribution in [-0.2, 0) is 0 Å². The van der Waals surface area contributed by atoms with Gasteiger partial charge in [0.2, 0.25) is 0 Å². The molecule has 0 aliphatic carbocycles. The minimum atomic E-state index is 0.873. The highest BCUT2D eigenvalue weighted by atomic mass is 32.1. The van der Waals surface area contributed by atoms with Crippen molar-refractivity contribution >= 4 is 92.3 Å².